The quantitative estimate of drug-likeness (QED) is 0.915. The number of nitrogen functional groups attached to an aromatic ring is 1. The van der Waals surface area contributed by atoms with Gasteiger partial charge in [-0.2, -0.15) is 5.26 Å². The minimum Gasteiger partial charge on any atom is -0.496 e. The average molecular weight is 282 g/mol. The Morgan fingerprint density at radius 3 is 2.48 bits per heavy atom. The maximum atomic E-state index is 9.06. The summed E-state index contributed by atoms with van der Waals surface area (Å²) in [7, 11) is 1.58. The molecule has 2 N–H and O–H groups in total. The number of anilines is 1. The third-order valence-electron chi connectivity index (χ3n) is 3.02. The van der Waals surface area contributed by atoms with Gasteiger partial charge in [0.05, 0.1) is 24.4 Å². The lowest BCUT2D eigenvalue weighted by atomic mass is 9.95. The van der Waals surface area contributed by atoms with E-state index >= 15 is 0 Å². The van der Waals surface area contributed by atoms with Crippen LogP contribution in [0, 0.1) is 11.3 Å². The third-order valence-corrected chi connectivity index (χ3v) is 3.02. The molecule has 0 atom stereocenters. The molecule has 0 amide bonds. The van der Waals surface area contributed by atoms with Crippen molar-refractivity contribution in [3.8, 4) is 23.1 Å². The zero-order chi connectivity index (χ0) is 15.6. The average Bonchev–Trinajstić information content (AvgIpc) is 2.45. The summed E-state index contributed by atoms with van der Waals surface area (Å²) in [5.41, 5.74) is 7.61. The molecule has 2 rings (SSSR count). The van der Waals surface area contributed by atoms with Crippen molar-refractivity contribution in [1.29, 1.82) is 5.26 Å². The zero-order valence-electron chi connectivity index (χ0n) is 12.6. The van der Waals surface area contributed by atoms with Crippen molar-refractivity contribution in [2.45, 2.75) is 26.2 Å². The van der Waals surface area contributed by atoms with Gasteiger partial charge in [-0.3, -0.25) is 0 Å². The first kappa shape index (κ1) is 14.8. The Bertz CT molecular complexity index is 711. The molecule has 0 bridgehead atoms. The van der Waals surface area contributed by atoms with E-state index in [4.69, 9.17) is 15.7 Å². The Balaban J connectivity index is 2.67. The number of nitriles is 1. The highest BCUT2D eigenvalue weighted by molar-refractivity contribution is 5.70. The van der Waals surface area contributed by atoms with Crippen molar-refractivity contribution < 1.29 is 4.74 Å². The topological polar surface area (TPSA) is 84.8 Å². The number of nitrogens with two attached hydrogens (primary N) is 1. The second-order valence-electron chi connectivity index (χ2n) is 5.78. The van der Waals surface area contributed by atoms with Crippen molar-refractivity contribution in [3.05, 3.63) is 35.7 Å². The van der Waals surface area contributed by atoms with Gasteiger partial charge < -0.3 is 10.5 Å². The first-order valence-corrected chi connectivity index (χ1v) is 6.58. The highest BCUT2D eigenvalue weighted by Crippen LogP contribution is 2.31. The van der Waals surface area contributed by atoms with Crippen molar-refractivity contribution >= 4 is 5.82 Å². The lowest BCUT2D eigenvalue weighted by molar-refractivity contribution is 0.416. The van der Waals surface area contributed by atoms with Crippen LogP contribution >= 0.6 is 0 Å². The summed E-state index contributed by atoms with van der Waals surface area (Å²) < 4.78 is 5.35. The molecule has 0 unspecified atom stereocenters. The van der Waals surface area contributed by atoms with E-state index in [2.05, 4.69) is 16.0 Å². The molecule has 0 radical (unpaired) electrons. The van der Waals surface area contributed by atoms with Crippen LogP contribution < -0.4 is 10.5 Å². The number of nitrogens with zero attached hydrogens (tertiary/aromatic N) is 3. The van der Waals surface area contributed by atoms with Gasteiger partial charge in [0.2, 0.25) is 0 Å². The van der Waals surface area contributed by atoms with Gasteiger partial charge in [-0.15, -0.1) is 0 Å². The predicted molar refractivity (Wildman–Crippen MR) is 81.8 cm³/mol. The number of rotatable bonds is 2. The van der Waals surface area contributed by atoms with Crippen LogP contribution in [0.15, 0.2) is 24.3 Å². The number of aromatic nitrogens is 2. The van der Waals surface area contributed by atoms with E-state index < -0.39 is 0 Å². The maximum Gasteiger partial charge on any atom is 0.136 e. The summed E-state index contributed by atoms with van der Waals surface area (Å²) in [6.45, 7) is 6.07. The van der Waals surface area contributed by atoms with Gasteiger partial charge in [0.1, 0.15) is 17.4 Å². The van der Waals surface area contributed by atoms with Gasteiger partial charge >= 0.3 is 0 Å². The molecular formula is C16H18N4O. The number of benzene rings is 1. The second kappa shape index (κ2) is 5.41. The molecule has 0 aliphatic carbocycles. The molecule has 21 heavy (non-hydrogen) atoms. The van der Waals surface area contributed by atoms with Gasteiger partial charge in [0, 0.05) is 17.0 Å². The van der Waals surface area contributed by atoms with Crippen LogP contribution in [0.5, 0.6) is 5.75 Å². The number of hydrogen-bond acceptors (Lipinski definition) is 5. The van der Waals surface area contributed by atoms with Crippen LogP contribution in [0.1, 0.15) is 32.2 Å². The van der Waals surface area contributed by atoms with E-state index in [1.54, 1.807) is 31.4 Å². The minimum absolute atomic E-state index is 0.218. The normalized spacial score (nSPS) is 11.0. The third kappa shape index (κ3) is 3.11. The van der Waals surface area contributed by atoms with Crippen LogP contribution in [0.2, 0.25) is 0 Å². The van der Waals surface area contributed by atoms with E-state index in [-0.39, 0.29) is 5.41 Å². The molecular weight excluding hydrogens is 264 g/mol. The highest BCUT2D eigenvalue weighted by atomic mass is 16.5. The number of hydrogen-bond donors (Lipinski definition) is 1. The molecule has 0 aliphatic heterocycles. The Kier molecular flexibility index (Phi) is 3.81. The number of methoxy groups -OCH3 is 1. The predicted octanol–water partition coefficient (Wildman–Crippen LogP) is 2.90. The van der Waals surface area contributed by atoms with Crippen LogP contribution in [0.4, 0.5) is 5.82 Å². The molecule has 5 nitrogen and oxygen atoms in total. The van der Waals surface area contributed by atoms with Gasteiger partial charge in [-0.05, 0) is 18.2 Å². The lowest BCUT2D eigenvalue weighted by Gasteiger charge is -2.18. The van der Waals surface area contributed by atoms with Crippen LogP contribution in [0.25, 0.3) is 11.3 Å². The molecule has 2 aromatic rings. The highest BCUT2D eigenvalue weighted by Gasteiger charge is 2.20. The minimum atomic E-state index is -0.218. The standard InChI is InChI=1S/C16H18N4O/c1-16(2,3)15-19-12(8-14(18)20-15)11-7-10(9-17)5-6-13(11)21-4/h5-8H,1-4H3,(H2,18,19,20). The second-order valence-corrected chi connectivity index (χ2v) is 5.78. The lowest BCUT2D eigenvalue weighted by Crippen LogP contribution is -2.17. The van der Waals surface area contributed by atoms with Gasteiger partial charge in [0.15, 0.2) is 0 Å². The van der Waals surface area contributed by atoms with E-state index in [0.717, 1.165) is 5.56 Å². The first-order valence-electron chi connectivity index (χ1n) is 6.58. The van der Waals surface area contributed by atoms with Crippen LogP contribution in [-0.2, 0) is 5.41 Å². The van der Waals surface area contributed by atoms with E-state index in [1.807, 2.05) is 20.8 Å². The first-order chi connectivity index (χ1) is 9.85. The van der Waals surface area contributed by atoms with Crippen LogP contribution in [-0.4, -0.2) is 17.1 Å². The van der Waals surface area contributed by atoms with Crippen molar-refractivity contribution in [2.24, 2.45) is 0 Å². The Hall–Kier alpha value is -2.61. The molecule has 0 aliphatic rings. The molecule has 108 valence electrons. The van der Waals surface area contributed by atoms with Gasteiger partial charge in [-0.1, -0.05) is 20.8 Å². The molecule has 0 fully saturated rings. The molecule has 1 aromatic carbocycles. The van der Waals surface area contributed by atoms with Gasteiger partial charge in [-0.25, -0.2) is 9.97 Å². The summed E-state index contributed by atoms with van der Waals surface area (Å²) in [4.78, 5) is 8.87. The van der Waals surface area contributed by atoms with Crippen molar-refractivity contribution in [1.82, 2.24) is 9.97 Å². The smallest absolute Gasteiger partial charge is 0.136 e. The van der Waals surface area contributed by atoms with Crippen molar-refractivity contribution in [3.63, 3.8) is 0 Å². The summed E-state index contributed by atoms with van der Waals surface area (Å²) in [5, 5.41) is 9.06. The van der Waals surface area contributed by atoms with Crippen LogP contribution in [0.3, 0.4) is 0 Å². The monoisotopic (exact) mass is 282 g/mol. The fraction of sp³-hybridized carbons (Fsp3) is 0.312. The molecule has 0 spiro atoms. The molecule has 5 heteroatoms. The number of ether oxygens (including phenoxy) is 1. The summed E-state index contributed by atoms with van der Waals surface area (Å²) in [6, 6.07) is 9.01. The van der Waals surface area contributed by atoms with Gasteiger partial charge in [0.25, 0.3) is 0 Å². The fourth-order valence-electron chi connectivity index (χ4n) is 1.92. The molecule has 0 saturated carbocycles. The zero-order valence-corrected chi connectivity index (χ0v) is 12.6. The Labute approximate surface area is 124 Å². The van der Waals surface area contributed by atoms with E-state index in [1.165, 1.54) is 0 Å². The summed E-state index contributed by atoms with van der Waals surface area (Å²) >= 11 is 0. The van der Waals surface area contributed by atoms with Crippen molar-refractivity contribution in [2.75, 3.05) is 12.8 Å². The SMILES string of the molecule is COc1ccc(C#N)cc1-c1cc(N)nc(C(C)(C)C)n1. The summed E-state index contributed by atoms with van der Waals surface area (Å²) in [6.07, 6.45) is 0. The largest absolute Gasteiger partial charge is 0.496 e. The fourth-order valence-corrected chi connectivity index (χ4v) is 1.92. The van der Waals surface area contributed by atoms with E-state index in [9.17, 15) is 0 Å². The Morgan fingerprint density at radius 1 is 1.19 bits per heavy atom. The molecule has 1 heterocycles. The molecule has 0 saturated heterocycles. The maximum absolute atomic E-state index is 9.06. The summed E-state index contributed by atoms with van der Waals surface area (Å²) in [5.74, 6) is 1.70. The van der Waals surface area contributed by atoms with E-state index in [0.29, 0.717) is 28.6 Å². The molecule has 1 aromatic heterocycles. The Morgan fingerprint density at radius 2 is 1.90 bits per heavy atom.